The molecule has 1 aromatic carbocycles. The summed E-state index contributed by atoms with van der Waals surface area (Å²) in [5, 5.41) is 0. The minimum atomic E-state index is -3.21. The molecule has 1 heterocycles. The highest BCUT2D eigenvalue weighted by Gasteiger charge is 2.37. The summed E-state index contributed by atoms with van der Waals surface area (Å²) in [6.07, 6.45) is 6.78. The van der Waals surface area contributed by atoms with E-state index in [4.69, 9.17) is 0 Å². The summed E-state index contributed by atoms with van der Waals surface area (Å²) >= 11 is 0. The van der Waals surface area contributed by atoms with Crippen molar-refractivity contribution in [2.24, 2.45) is 0 Å². The summed E-state index contributed by atoms with van der Waals surface area (Å²) in [5.41, 5.74) is 1.85. The minimum absolute atomic E-state index is 0.0242. The van der Waals surface area contributed by atoms with Crippen LogP contribution < -0.4 is 0 Å². The van der Waals surface area contributed by atoms with Crippen molar-refractivity contribution in [2.45, 2.75) is 57.5 Å². The molecule has 2 fully saturated rings. The van der Waals surface area contributed by atoms with Crippen molar-refractivity contribution in [3.8, 4) is 0 Å². The van der Waals surface area contributed by atoms with Crippen LogP contribution in [-0.4, -0.2) is 55.0 Å². The number of sulfonamides is 1. The average molecular weight is 365 g/mol. The number of amides is 1. The van der Waals surface area contributed by atoms with Crippen LogP contribution in [0.4, 0.5) is 0 Å². The Hall–Kier alpha value is -1.40. The fraction of sp³-hybridized carbons (Fsp3) is 0.632. The highest BCUT2D eigenvalue weighted by molar-refractivity contribution is 7.88. The van der Waals surface area contributed by atoms with Crippen LogP contribution in [0.1, 0.15) is 54.4 Å². The van der Waals surface area contributed by atoms with Crippen molar-refractivity contribution >= 4 is 15.9 Å². The van der Waals surface area contributed by atoms with Gasteiger partial charge in [-0.15, -0.1) is 0 Å². The summed E-state index contributed by atoms with van der Waals surface area (Å²) in [5.74, 6) is 0.0511. The lowest BCUT2D eigenvalue weighted by molar-refractivity contribution is 0.0757. The van der Waals surface area contributed by atoms with Gasteiger partial charge < -0.3 is 4.90 Å². The fourth-order valence-electron chi connectivity index (χ4n) is 3.90. The number of hydrogen-bond acceptors (Lipinski definition) is 3. The predicted octanol–water partition coefficient (Wildman–Crippen LogP) is 2.80. The van der Waals surface area contributed by atoms with Crippen LogP contribution in [0.15, 0.2) is 24.3 Å². The van der Waals surface area contributed by atoms with E-state index in [1.165, 1.54) is 6.26 Å². The van der Waals surface area contributed by atoms with Gasteiger partial charge in [0.1, 0.15) is 0 Å². The Morgan fingerprint density at radius 1 is 1.00 bits per heavy atom. The van der Waals surface area contributed by atoms with Gasteiger partial charge in [0.15, 0.2) is 0 Å². The van der Waals surface area contributed by atoms with E-state index in [0.717, 1.165) is 44.1 Å². The second kappa shape index (κ2) is 7.46. The zero-order valence-electron chi connectivity index (χ0n) is 15.1. The Balaban J connectivity index is 1.69. The van der Waals surface area contributed by atoms with E-state index in [2.05, 4.69) is 0 Å². The summed E-state index contributed by atoms with van der Waals surface area (Å²) in [6.45, 7) is 3.33. The van der Waals surface area contributed by atoms with Gasteiger partial charge in [-0.1, -0.05) is 24.1 Å². The standard InChI is InChI=1S/C19H28N2O3S/c1-15-8-10-16(11-9-15)19(22)20-13-4-7-18(12-14-20)21(25(2,23)24)17-5-3-6-17/h8-11,17-18H,3-7,12-14H2,1-2H3/t18-/m1/s1. The smallest absolute Gasteiger partial charge is 0.253 e. The maximum atomic E-state index is 12.7. The van der Waals surface area contributed by atoms with Crippen molar-refractivity contribution in [3.63, 3.8) is 0 Å². The molecule has 25 heavy (non-hydrogen) atoms. The van der Waals surface area contributed by atoms with Crippen LogP contribution in [0.2, 0.25) is 0 Å². The molecule has 0 aromatic heterocycles. The SMILES string of the molecule is Cc1ccc(C(=O)N2CCC[C@@H](N(C3CCC3)S(C)(=O)=O)CC2)cc1. The van der Waals surface area contributed by atoms with E-state index in [1.807, 2.05) is 36.1 Å². The number of nitrogens with zero attached hydrogens (tertiary/aromatic N) is 2. The molecule has 1 aliphatic heterocycles. The first-order chi connectivity index (χ1) is 11.9. The first-order valence-electron chi connectivity index (χ1n) is 9.21. The highest BCUT2D eigenvalue weighted by Crippen LogP contribution is 2.32. The van der Waals surface area contributed by atoms with E-state index in [9.17, 15) is 13.2 Å². The molecule has 138 valence electrons. The second-order valence-corrected chi connectivity index (χ2v) is 9.31. The molecule has 0 unspecified atom stereocenters. The molecule has 1 atom stereocenters. The van der Waals surface area contributed by atoms with Crippen LogP contribution in [-0.2, 0) is 10.0 Å². The molecular formula is C19H28N2O3S. The lowest BCUT2D eigenvalue weighted by atomic mass is 9.91. The van der Waals surface area contributed by atoms with Crippen molar-refractivity contribution < 1.29 is 13.2 Å². The maximum absolute atomic E-state index is 12.7. The number of aryl methyl sites for hydroxylation is 1. The number of benzene rings is 1. The lowest BCUT2D eigenvalue weighted by Crippen LogP contribution is -2.50. The summed E-state index contributed by atoms with van der Waals surface area (Å²) in [7, 11) is -3.21. The number of rotatable bonds is 4. The van der Waals surface area contributed by atoms with Gasteiger partial charge in [0.2, 0.25) is 10.0 Å². The Kier molecular flexibility index (Phi) is 5.49. The highest BCUT2D eigenvalue weighted by atomic mass is 32.2. The third kappa shape index (κ3) is 4.23. The molecule has 5 nitrogen and oxygen atoms in total. The van der Waals surface area contributed by atoms with Gasteiger partial charge in [0.05, 0.1) is 6.26 Å². The monoisotopic (exact) mass is 364 g/mol. The third-order valence-corrected chi connectivity index (χ3v) is 6.82. The van der Waals surface area contributed by atoms with Gasteiger partial charge in [-0.05, 0) is 51.2 Å². The van der Waals surface area contributed by atoms with Crippen molar-refractivity contribution in [1.29, 1.82) is 0 Å². The Bertz CT molecular complexity index is 711. The maximum Gasteiger partial charge on any atom is 0.253 e. The van der Waals surface area contributed by atoms with Gasteiger partial charge in [-0.3, -0.25) is 4.79 Å². The van der Waals surface area contributed by atoms with Crippen molar-refractivity contribution in [3.05, 3.63) is 35.4 Å². The first-order valence-corrected chi connectivity index (χ1v) is 11.1. The molecule has 0 spiro atoms. The fourth-order valence-corrected chi connectivity index (χ4v) is 5.40. The number of carbonyl (C=O) groups excluding carboxylic acids is 1. The molecule has 0 radical (unpaired) electrons. The van der Waals surface area contributed by atoms with Crippen molar-refractivity contribution in [2.75, 3.05) is 19.3 Å². The summed E-state index contributed by atoms with van der Waals surface area (Å²) < 4.78 is 26.3. The zero-order chi connectivity index (χ0) is 18.0. The average Bonchev–Trinajstić information content (AvgIpc) is 2.75. The molecular weight excluding hydrogens is 336 g/mol. The van der Waals surface area contributed by atoms with E-state index in [-0.39, 0.29) is 18.0 Å². The first kappa shape index (κ1) is 18.4. The zero-order valence-corrected chi connectivity index (χ0v) is 16.0. The van der Waals surface area contributed by atoms with Crippen LogP contribution in [0.3, 0.4) is 0 Å². The van der Waals surface area contributed by atoms with E-state index >= 15 is 0 Å². The molecule has 1 saturated heterocycles. The quantitative estimate of drug-likeness (QED) is 0.825. The molecule has 1 amide bonds. The number of hydrogen-bond donors (Lipinski definition) is 0. The van der Waals surface area contributed by atoms with Gasteiger partial charge in [0.25, 0.3) is 5.91 Å². The van der Waals surface area contributed by atoms with Crippen LogP contribution in [0.25, 0.3) is 0 Å². The third-order valence-electron chi connectivity index (χ3n) is 5.46. The minimum Gasteiger partial charge on any atom is -0.339 e. The molecule has 1 aromatic rings. The number of likely N-dealkylation sites (tertiary alicyclic amines) is 1. The molecule has 0 N–H and O–H groups in total. The Morgan fingerprint density at radius 3 is 2.16 bits per heavy atom. The lowest BCUT2D eigenvalue weighted by Gasteiger charge is -2.40. The Labute approximate surface area is 151 Å². The molecule has 1 aliphatic carbocycles. The Morgan fingerprint density at radius 2 is 1.60 bits per heavy atom. The van der Waals surface area contributed by atoms with Gasteiger partial charge in [-0.25, -0.2) is 8.42 Å². The van der Waals surface area contributed by atoms with E-state index in [1.54, 1.807) is 4.31 Å². The molecule has 0 bridgehead atoms. The van der Waals surface area contributed by atoms with Crippen molar-refractivity contribution in [1.82, 2.24) is 9.21 Å². The normalized spacial score (nSPS) is 22.5. The van der Waals surface area contributed by atoms with Gasteiger partial charge >= 0.3 is 0 Å². The second-order valence-electron chi connectivity index (χ2n) is 7.42. The summed E-state index contributed by atoms with van der Waals surface area (Å²) in [6, 6.07) is 7.84. The topological polar surface area (TPSA) is 57.7 Å². The molecule has 2 aliphatic rings. The van der Waals surface area contributed by atoms with Gasteiger partial charge in [-0.2, -0.15) is 4.31 Å². The van der Waals surface area contributed by atoms with E-state index < -0.39 is 10.0 Å². The largest absolute Gasteiger partial charge is 0.339 e. The van der Waals surface area contributed by atoms with Crippen LogP contribution >= 0.6 is 0 Å². The molecule has 6 heteroatoms. The number of carbonyl (C=O) groups is 1. The van der Waals surface area contributed by atoms with Gasteiger partial charge in [0, 0.05) is 30.7 Å². The van der Waals surface area contributed by atoms with E-state index in [0.29, 0.717) is 18.7 Å². The summed E-state index contributed by atoms with van der Waals surface area (Å²) in [4.78, 5) is 14.6. The van der Waals surface area contributed by atoms with Crippen LogP contribution in [0, 0.1) is 6.92 Å². The predicted molar refractivity (Wildman–Crippen MR) is 99.0 cm³/mol. The molecule has 1 saturated carbocycles. The molecule has 3 rings (SSSR count). The van der Waals surface area contributed by atoms with Crippen LogP contribution in [0.5, 0.6) is 0 Å².